The summed E-state index contributed by atoms with van der Waals surface area (Å²) in [6.45, 7) is 13.1. The number of carbonyl (C=O) groups excluding carboxylic acids is 1. The molecule has 1 aliphatic carbocycles. The molecule has 2 aliphatic rings. The van der Waals surface area contributed by atoms with Crippen LogP contribution in [-0.4, -0.2) is 28.4 Å². The molecule has 4 heteroatoms. The molecule has 0 spiro atoms. The molecule has 1 saturated carbocycles. The highest BCUT2D eigenvalue weighted by Crippen LogP contribution is 2.60. The second-order valence-electron chi connectivity index (χ2n) is 7.74. The highest BCUT2D eigenvalue weighted by atomic mass is 16.6. The summed E-state index contributed by atoms with van der Waals surface area (Å²) in [7, 11) is 0. The normalized spacial score (nSPS) is 41.7. The molecule has 2 rings (SSSR count). The van der Waals surface area contributed by atoms with E-state index >= 15 is 0 Å². The van der Waals surface area contributed by atoms with Gasteiger partial charge in [0.1, 0.15) is 11.2 Å². The van der Waals surface area contributed by atoms with Gasteiger partial charge in [-0.15, -0.1) is 0 Å². The summed E-state index contributed by atoms with van der Waals surface area (Å²) in [6, 6.07) is 0. The third kappa shape index (κ3) is 2.09. The summed E-state index contributed by atoms with van der Waals surface area (Å²) in [5, 5.41) is 22.9. The summed E-state index contributed by atoms with van der Waals surface area (Å²) in [6.07, 6.45) is 1.08. The van der Waals surface area contributed by atoms with Crippen molar-refractivity contribution in [1.82, 2.24) is 0 Å². The van der Waals surface area contributed by atoms with E-state index < -0.39 is 28.5 Å². The Morgan fingerprint density at radius 3 is 2.45 bits per heavy atom. The van der Waals surface area contributed by atoms with E-state index in [1.165, 1.54) is 0 Å². The SMILES string of the molecule is C=C(C)[C@H]1C[C@H]2O[C@@]2(C)[C@](O)(C(C(=O)[O-])C(C)(C)C)C1. The maximum Gasteiger partial charge on any atom is 0.121 e. The number of carboxylic acid groups (broad SMARTS) is 1. The summed E-state index contributed by atoms with van der Waals surface area (Å²) < 4.78 is 5.71. The van der Waals surface area contributed by atoms with Crippen LogP contribution < -0.4 is 5.11 Å². The van der Waals surface area contributed by atoms with E-state index in [0.29, 0.717) is 6.42 Å². The first kappa shape index (κ1) is 15.5. The van der Waals surface area contributed by atoms with Crippen molar-refractivity contribution in [2.24, 2.45) is 17.3 Å². The van der Waals surface area contributed by atoms with Gasteiger partial charge in [0.25, 0.3) is 0 Å². The zero-order valence-corrected chi connectivity index (χ0v) is 13.0. The van der Waals surface area contributed by atoms with Crippen LogP contribution in [0.25, 0.3) is 0 Å². The third-order valence-corrected chi connectivity index (χ3v) is 5.14. The molecule has 1 aliphatic heterocycles. The number of carboxylic acids is 1. The van der Waals surface area contributed by atoms with Crippen LogP contribution in [0.5, 0.6) is 0 Å². The monoisotopic (exact) mass is 281 g/mol. The van der Waals surface area contributed by atoms with Crippen molar-refractivity contribution < 1.29 is 19.7 Å². The van der Waals surface area contributed by atoms with Crippen molar-refractivity contribution in [2.75, 3.05) is 0 Å². The average Bonchev–Trinajstić information content (AvgIpc) is 2.87. The Hall–Kier alpha value is -0.870. The van der Waals surface area contributed by atoms with Crippen molar-refractivity contribution >= 4 is 5.97 Å². The van der Waals surface area contributed by atoms with Gasteiger partial charge < -0.3 is 19.7 Å². The first-order valence-corrected chi connectivity index (χ1v) is 7.20. The molecule has 1 unspecified atom stereocenters. The minimum Gasteiger partial charge on any atom is -0.550 e. The Morgan fingerprint density at radius 1 is 1.50 bits per heavy atom. The van der Waals surface area contributed by atoms with E-state index in [0.717, 1.165) is 12.0 Å². The second-order valence-corrected chi connectivity index (χ2v) is 7.74. The summed E-state index contributed by atoms with van der Waals surface area (Å²) in [5.41, 5.74) is -1.84. The van der Waals surface area contributed by atoms with Crippen LogP contribution in [0.2, 0.25) is 0 Å². The molecule has 1 heterocycles. The molecule has 114 valence electrons. The molecule has 5 atom stereocenters. The van der Waals surface area contributed by atoms with Gasteiger partial charge in [-0.25, -0.2) is 0 Å². The summed E-state index contributed by atoms with van der Waals surface area (Å²) >= 11 is 0. The number of hydrogen-bond donors (Lipinski definition) is 1. The van der Waals surface area contributed by atoms with Gasteiger partial charge in [-0.1, -0.05) is 32.9 Å². The fourth-order valence-corrected chi connectivity index (χ4v) is 3.88. The number of rotatable bonds is 3. The van der Waals surface area contributed by atoms with E-state index in [9.17, 15) is 15.0 Å². The molecule has 4 nitrogen and oxygen atoms in total. The Labute approximate surface area is 120 Å². The quantitative estimate of drug-likeness (QED) is 0.624. The first-order valence-electron chi connectivity index (χ1n) is 7.20. The molecule has 0 aromatic rings. The van der Waals surface area contributed by atoms with Crippen LogP contribution in [0.3, 0.4) is 0 Å². The molecule has 0 amide bonds. The largest absolute Gasteiger partial charge is 0.550 e. The van der Waals surface area contributed by atoms with Gasteiger partial charge in [-0.3, -0.25) is 0 Å². The maximum absolute atomic E-state index is 11.7. The van der Waals surface area contributed by atoms with Gasteiger partial charge in [0.05, 0.1) is 6.10 Å². The van der Waals surface area contributed by atoms with E-state index in [4.69, 9.17) is 4.74 Å². The molecular formula is C16H25O4-. The highest BCUT2D eigenvalue weighted by Gasteiger charge is 2.72. The molecule has 0 radical (unpaired) electrons. The fraction of sp³-hybridized carbons (Fsp3) is 0.812. The standard InChI is InChI=1S/C16H26O4/c1-9(2)10-7-11-15(6,20-11)16(19,8-10)12(13(17)18)14(3,4)5/h10-12,19H,1,7-8H2,2-6H3,(H,17,18)/p-1/t10-,11+,12?,15+,16+/m0/s1. The molecular weight excluding hydrogens is 256 g/mol. The fourth-order valence-electron chi connectivity index (χ4n) is 3.88. The number of aliphatic hydroxyl groups is 1. The third-order valence-electron chi connectivity index (χ3n) is 5.14. The topological polar surface area (TPSA) is 72.9 Å². The van der Waals surface area contributed by atoms with Crippen LogP contribution in [0.1, 0.15) is 47.5 Å². The molecule has 1 saturated heterocycles. The lowest BCUT2D eigenvalue weighted by Crippen LogP contribution is -2.63. The number of aliphatic carboxylic acids is 1. The number of allylic oxidation sites excluding steroid dienone is 1. The molecule has 0 aromatic carbocycles. The minimum absolute atomic E-state index is 0.0878. The van der Waals surface area contributed by atoms with Gasteiger partial charge in [-0.05, 0) is 38.0 Å². The van der Waals surface area contributed by atoms with Crippen LogP contribution in [0, 0.1) is 17.3 Å². The van der Waals surface area contributed by atoms with Crippen molar-refractivity contribution in [3.8, 4) is 0 Å². The Morgan fingerprint density at radius 2 is 2.05 bits per heavy atom. The van der Waals surface area contributed by atoms with Gasteiger partial charge in [0.2, 0.25) is 0 Å². The summed E-state index contributed by atoms with van der Waals surface area (Å²) in [4.78, 5) is 11.7. The van der Waals surface area contributed by atoms with Crippen LogP contribution in [0.4, 0.5) is 0 Å². The van der Waals surface area contributed by atoms with Crippen LogP contribution in [0.15, 0.2) is 12.2 Å². The van der Waals surface area contributed by atoms with Gasteiger partial charge in [-0.2, -0.15) is 0 Å². The molecule has 0 aromatic heterocycles. The smallest absolute Gasteiger partial charge is 0.121 e. The number of ether oxygens (including phenoxy) is 1. The molecule has 20 heavy (non-hydrogen) atoms. The molecule has 0 bridgehead atoms. The Kier molecular flexibility index (Phi) is 3.34. The summed E-state index contributed by atoms with van der Waals surface area (Å²) in [5.74, 6) is -2.10. The van der Waals surface area contributed by atoms with Crippen molar-refractivity contribution in [2.45, 2.75) is 64.8 Å². The van der Waals surface area contributed by atoms with Gasteiger partial charge in [0, 0.05) is 11.9 Å². The van der Waals surface area contributed by atoms with E-state index in [1.54, 1.807) is 0 Å². The van der Waals surface area contributed by atoms with E-state index in [1.807, 2.05) is 34.6 Å². The maximum atomic E-state index is 11.7. The highest BCUT2D eigenvalue weighted by molar-refractivity contribution is 5.71. The Bertz CT molecular complexity index is 450. The number of hydrogen-bond acceptors (Lipinski definition) is 4. The van der Waals surface area contributed by atoms with E-state index in [-0.39, 0.29) is 12.0 Å². The van der Waals surface area contributed by atoms with Crippen molar-refractivity contribution in [3.05, 3.63) is 12.2 Å². The first-order chi connectivity index (χ1) is 8.93. The number of epoxide rings is 1. The predicted octanol–water partition coefficient (Wildman–Crippen LogP) is 1.27. The average molecular weight is 281 g/mol. The number of carbonyl (C=O) groups is 1. The lowest BCUT2D eigenvalue weighted by molar-refractivity contribution is -0.325. The number of fused-ring (bicyclic) bond motifs is 1. The molecule has 1 N–H and O–H groups in total. The lowest BCUT2D eigenvalue weighted by atomic mass is 9.58. The van der Waals surface area contributed by atoms with Crippen molar-refractivity contribution in [1.29, 1.82) is 0 Å². The zero-order chi connectivity index (χ0) is 15.5. The van der Waals surface area contributed by atoms with Crippen molar-refractivity contribution in [3.63, 3.8) is 0 Å². The van der Waals surface area contributed by atoms with Gasteiger partial charge >= 0.3 is 0 Å². The van der Waals surface area contributed by atoms with E-state index in [2.05, 4.69) is 6.58 Å². The molecule has 2 fully saturated rings. The predicted molar refractivity (Wildman–Crippen MR) is 73.7 cm³/mol. The zero-order valence-electron chi connectivity index (χ0n) is 13.0. The Balaban J connectivity index is 2.44. The lowest BCUT2D eigenvalue weighted by Gasteiger charge is -2.49. The minimum atomic E-state index is -1.42. The van der Waals surface area contributed by atoms with Gasteiger partial charge in [0.15, 0.2) is 0 Å². The van der Waals surface area contributed by atoms with Crippen LogP contribution >= 0.6 is 0 Å². The van der Waals surface area contributed by atoms with Crippen LogP contribution in [-0.2, 0) is 9.53 Å². The second kappa shape index (κ2) is 4.31.